The van der Waals surface area contributed by atoms with E-state index in [4.69, 9.17) is 37.6 Å². The van der Waals surface area contributed by atoms with E-state index in [-0.39, 0.29) is 11.6 Å². The first-order valence-corrected chi connectivity index (χ1v) is 13.2. The van der Waals surface area contributed by atoms with Gasteiger partial charge in [0.1, 0.15) is 11.8 Å². The summed E-state index contributed by atoms with van der Waals surface area (Å²) in [6, 6.07) is 5.42. The molecule has 0 aliphatic heterocycles. The number of hydrogen-bond donors (Lipinski definition) is 0. The summed E-state index contributed by atoms with van der Waals surface area (Å²) >= 11 is 12.7. The molecule has 3 aromatic rings. The first-order valence-electron chi connectivity index (χ1n) is 9.58. The third-order valence-electron chi connectivity index (χ3n) is 5.48. The van der Waals surface area contributed by atoms with Crippen LogP contribution in [0.3, 0.4) is 0 Å². The highest BCUT2D eigenvalue weighted by atomic mass is 35.5. The summed E-state index contributed by atoms with van der Waals surface area (Å²) in [7, 11) is -1.81. The summed E-state index contributed by atoms with van der Waals surface area (Å²) in [6.45, 7) is 12.2. The van der Waals surface area contributed by atoms with Crippen molar-refractivity contribution < 1.29 is 9.16 Å². The van der Waals surface area contributed by atoms with E-state index in [1.54, 1.807) is 15.3 Å². The average molecular weight is 466 g/mol. The maximum atomic E-state index is 8.81. The van der Waals surface area contributed by atoms with Crippen molar-refractivity contribution in [2.45, 2.75) is 45.4 Å². The summed E-state index contributed by atoms with van der Waals surface area (Å²) < 4.78 is 15.3. The molecule has 0 saturated carbocycles. The molecule has 2 heterocycles. The van der Waals surface area contributed by atoms with Crippen molar-refractivity contribution in [3.8, 4) is 17.6 Å². The Morgan fingerprint density at radius 2 is 2.00 bits per heavy atom. The molecule has 0 radical (unpaired) electrons. The second-order valence-electron chi connectivity index (χ2n) is 8.51. The SMILES string of the molecule is CC(C)(C)[Si](C)(C)OCCn1cc(-n2ccc3c(OCC#N)cc(Cl)c(Cl)c32)nn1. The van der Waals surface area contributed by atoms with Crippen molar-refractivity contribution in [3.05, 3.63) is 34.6 Å². The molecule has 0 aliphatic rings. The molecule has 0 spiro atoms. The largest absolute Gasteiger partial charge is 0.478 e. The lowest BCUT2D eigenvalue weighted by Gasteiger charge is -2.36. The first-order chi connectivity index (χ1) is 14.0. The van der Waals surface area contributed by atoms with Crippen LogP contribution in [0, 0.1) is 11.3 Å². The van der Waals surface area contributed by atoms with Crippen LogP contribution in [0.15, 0.2) is 24.5 Å². The van der Waals surface area contributed by atoms with Crippen molar-refractivity contribution in [1.29, 1.82) is 5.26 Å². The van der Waals surface area contributed by atoms with Crippen LogP contribution in [0.5, 0.6) is 5.75 Å². The van der Waals surface area contributed by atoms with E-state index >= 15 is 0 Å². The average Bonchev–Trinajstić information content (AvgIpc) is 3.29. The van der Waals surface area contributed by atoms with Gasteiger partial charge in [0.15, 0.2) is 20.7 Å². The minimum atomic E-state index is -1.81. The van der Waals surface area contributed by atoms with Crippen LogP contribution in [0.4, 0.5) is 0 Å². The molecular formula is C20H25Cl2N5O2Si. The number of halogens is 2. The molecule has 2 aromatic heterocycles. The fraction of sp³-hybridized carbons (Fsp3) is 0.450. The predicted octanol–water partition coefficient (Wildman–Crippen LogP) is 5.45. The molecule has 7 nitrogen and oxygen atoms in total. The lowest BCUT2D eigenvalue weighted by atomic mass is 10.2. The maximum absolute atomic E-state index is 8.81. The fourth-order valence-electron chi connectivity index (χ4n) is 2.76. The zero-order valence-corrected chi connectivity index (χ0v) is 20.3. The second-order valence-corrected chi connectivity index (χ2v) is 14.1. The van der Waals surface area contributed by atoms with Gasteiger partial charge in [-0.15, -0.1) is 5.10 Å². The molecule has 160 valence electrons. The van der Waals surface area contributed by atoms with E-state index in [0.717, 1.165) is 5.39 Å². The zero-order valence-electron chi connectivity index (χ0n) is 17.7. The van der Waals surface area contributed by atoms with Gasteiger partial charge < -0.3 is 9.16 Å². The number of aromatic nitrogens is 4. The number of nitrogens with zero attached hydrogens (tertiary/aromatic N) is 5. The highest BCUT2D eigenvalue weighted by Crippen LogP contribution is 2.39. The Labute approximate surface area is 187 Å². The Morgan fingerprint density at radius 3 is 2.67 bits per heavy atom. The van der Waals surface area contributed by atoms with Crippen LogP contribution >= 0.6 is 23.2 Å². The summed E-state index contributed by atoms with van der Waals surface area (Å²) in [5.74, 6) is 1.10. The van der Waals surface area contributed by atoms with E-state index in [0.29, 0.717) is 40.3 Å². The number of benzene rings is 1. The molecule has 0 unspecified atom stereocenters. The maximum Gasteiger partial charge on any atom is 0.192 e. The standard InChI is InChI=1S/C20H25Cl2N5O2Si/c1-20(2,3)30(4,5)29-11-9-26-13-17(24-25-26)27-8-6-14-16(28-10-7-23)12-15(21)18(22)19(14)27/h6,8,12-13H,9-11H2,1-5H3. The van der Waals surface area contributed by atoms with Gasteiger partial charge in [-0.25, -0.2) is 4.68 Å². The zero-order chi connectivity index (χ0) is 22.1. The number of rotatable bonds is 7. The van der Waals surface area contributed by atoms with Crippen LogP contribution in [0.25, 0.3) is 16.7 Å². The topological polar surface area (TPSA) is 77.9 Å². The van der Waals surface area contributed by atoms with Gasteiger partial charge in [0, 0.05) is 17.6 Å². The molecule has 3 rings (SSSR count). The van der Waals surface area contributed by atoms with Gasteiger partial charge in [0.2, 0.25) is 0 Å². The van der Waals surface area contributed by atoms with Crippen molar-refractivity contribution in [2.75, 3.05) is 13.2 Å². The molecule has 0 aliphatic carbocycles. The van der Waals surface area contributed by atoms with Crippen molar-refractivity contribution >= 4 is 42.4 Å². The summed E-state index contributed by atoms with van der Waals surface area (Å²) in [5, 5.41) is 18.9. The van der Waals surface area contributed by atoms with E-state index in [2.05, 4.69) is 44.2 Å². The van der Waals surface area contributed by atoms with Crippen molar-refractivity contribution in [1.82, 2.24) is 19.6 Å². The van der Waals surface area contributed by atoms with Gasteiger partial charge in [0.05, 0.1) is 34.9 Å². The van der Waals surface area contributed by atoms with E-state index in [1.807, 2.05) is 24.5 Å². The lowest BCUT2D eigenvalue weighted by Crippen LogP contribution is -2.41. The molecule has 0 amide bonds. The van der Waals surface area contributed by atoms with Crippen molar-refractivity contribution in [2.24, 2.45) is 0 Å². The molecule has 1 aromatic carbocycles. The normalized spacial score (nSPS) is 12.3. The molecule has 0 N–H and O–H groups in total. The Balaban J connectivity index is 1.84. The van der Waals surface area contributed by atoms with Gasteiger partial charge in [-0.3, -0.25) is 4.57 Å². The van der Waals surface area contributed by atoms with Gasteiger partial charge >= 0.3 is 0 Å². The fourth-order valence-corrected chi connectivity index (χ4v) is 4.23. The van der Waals surface area contributed by atoms with E-state index < -0.39 is 8.32 Å². The third-order valence-corrected chi connectivity index (χ3v) is 10.8. The summed E-state index contributed by atoms with van der Waals surface area (Å²) in [5.41, 5.74) is 0.654. The van der Waals surface area contributed by atoms with E-state index in [1.165, 1.54) is 0 Å². The predicted molar refractivity (Wildman–Crippen MR) is 121 cm³/mol. The number of fused-ring (bicyclic) bond motifs is 1. The number of hydrogen-bond acceptors (Lipinski definition) is 5. The molecule has 0 saturated heterocycles. The highest BCUT2D eigenvalue weighted by Gasteiger charge is 2.36. The first kappa shape index (κ1) is 22.6. The van der Waals surface area contributed by atoms with Crippen LogP contribution < -0.4 is 4.74 Å². The van der Waals surface area contributed by atoms with Crippen molar-refractivity contribution in [3.63, 3.8) is 0 Å². The quantitative estimate of drug-likeness (QED) is 0.433. The van der Waals surface area contributed by atoms with Crippen LogP contribution in [-0.4, -0.2) is 41.1 Å². The Bertz CT molecular complexity index is 1100. The van der Waals surface area contributed by atoms with E-state index in [9.17, 15) is 0 Å². The molecular weight excluding hydrogens is 441 g/mol. The smallest absolute Gasteiger partial charge is 0.192 e. The minimum Gasteiger partial charge on any atom is -0.478 e. The summed E-state index contributed by atoms with van der Waals surface area (Å²) in [6.07, 6.45) is 3.66. The Morgan fingerprint density at radius 1 is 1.27 bits per heavy atom. The van der Waals surface area contributed by atoms with Crippen LogP contribution in [-0.2, 0) is 11.0 Å². The van der Waals surface area contributed by atoms with Gasteiger partial charge in [-0.05, 0) is 24.2 Å². The molecule has 0 fully saturated rings. The molecule has 10 heteroatoms. The Kier molecular flexibility index (Phi) is 6.48. The highest BCUT2D eigenvalue weighted by molar-refractivity contribution is 6.74. The van der Waals surface area contributed by atoms with Gasteiger partial charge in [-0.2, -0.15) is 5.26 Å². The van der Waals surface area contributed by atoms with Gasteiger partial charge in [-0.1, -0.05) is 49.2 Å². The molecule has 0 atom stereocenters. The number of nitriles is 1. The second kappa shape index (κ2) is 8.59. The summed E-state index contributed by atoms with van der Waals surface area (Å²) in [4.78, 5) is 0. The van der Waals surface area contributed by atoms with Crippen LogP contribution in [0.1, 0.15) is 20.8 Å². The number of ether oxygens (including phenoxy) is 1. The van der Waals surface area contributed by atoms with Gasteiger partial charge in [0.25, 0.3) is 0 Å². The van der Waals surface area contributed by atoms with Crippen LogP contribution in [0.2, 0.25) is 28.2 Å². The Hall–Kier alpha value is -2.05. The molecule has 0 bridgehead atoms. The third kappa shape index (κ3) is 4.49. The lowest BCUT2D eigenvalue weighted by molar-refractivity contribution is 0.264. The molecule has 30 heavy (non-hydrogen) atoms. The minimum absolute atomic E-state index is 0.0807. The monoisotopic (exact) mass is 465 g/mol.